The number of aryl methyl sites for hydroxylation is 2. The fourth-order valence-corrected chi connectivity index (χ4v) is 3.91. The lowest BCUT2D eigenvalue weighted by Gasteiger charge is -2.35. The first-order valence-electron chi connectivity index (χ1n) is 9.57. The second kappa shape index (κ2) is 7.71. The van der Waals surface area contributed by atoms with Crippen LogP contribution in [0.1, 0.15) is 33.4 Å². The number of hydrogen-bond acceptors (Lipinski definition) is 5. The summed E-state index contributed by atoms with van der Waals surface area (Å²) in [6, 6.07) is 7.57. The summed E-state index contributed by atoms with van der Waals surface area (Å²) >= 11 is 0. The number of carbonyl (C=O) groups excluding carboxylic acids is 1. The van der Waals surface area contributed by atoms with E-state index in [1.807, 2.05) is 47.7 Å². The van der Waals surface area contributed by atoms with Crippen LogP contribution in [0.4, 0.5) is 0 Å². The Bertz CT molecular complexity index is 1040. The minimum absolute atomic E-state index is 0.0423. The molecule has 3 heterocycles. The fraction of sp³-hybridized carbons (Fsp3) is 0.381. The van der Waals surface area contributed by atoms with Gasteiger partial charge in [-0.3, -0.25) is 9.48 Å². The van der Waals surface area contributed by atoms with E-state index in [0.29, 0.717) is 25.3 Å². The molecule has 0 spiro atoms. The molecule has 1 atom stereocenters. The molecule has 2 aromatic heterocycles. The van der Waals surface area contributed by atoms with Crippen LogP contribution in [-0.2, 0) is 11.8 Å². The van der Waals surface area contributed by atoms with Gasteiger partial charge in [-0.15, -0.1) is 0 Å². The number of nitrogens with zero attached hydrogens (tertiary/aromatic N) is 5. The zero-order valence-electron chi connectivity index (χ0n) is 17.1. The highest BCUT2D eigenvalue weighted by Crippen LogP contribution is 2.32. The topological polar surface area (TPSA) is 74.4 Å². The summed E-state index contributed by atoms with van der Waals surface area (Å²) in [6.07, 6.45) is 3.35. The highest BCUT2D eigenvalue weighted by molar-refractivity contribution is 5.94. The molecule has 0 aliphatic carbocycles. The number of methoxy groups -OCH3 is 1. The number of benzene rings is 1. The van der Waals surface area contributed by atoms with Crippen LogP contribution < -0.4 is 4.74 Å². The summed E-state index contributed by atoms with van der Waals surface area (Å²) in [5, 5.41) is 8.89. The van der Waals surface area contributed by atoms with Crippen molar-refractivity contribution >= 4 is 5.91 Å². The maximum absolute atomic E-state index is 13.2. The molecule has 0 radical (unpaired) electrons. The molecule has 0 unspecified atom stereocenters. The van der Waals surface area contributed by atoms with Crippen molar-refractivity contribution < 1.29 is 14.3 Å². The average Bonchev–Trinajstić information content (AvgIpc) is 3.30. The largest absolute Gasteiger partial charge is 0.497 e. The van der Waals surface area contributed by atoms with Gasteiger partial charge in [0.1, 0.15) is 5.75 Å². The second-order valence-corrected chi connectivity index (χ2v) is 7.19. The summed E-state index contributed by atoms with van der Waals surface area (Å²) in [5.41, 5.74) is 4.37. The maximum Gasteiger partial charge on any atom is 0.257 e. The Kier molecular flexibility index (Phi) is 5.10. The van der Waals surface area contributed by atoms with Crippen LogP contribution in [-0.4, -0.2) is 57.2 Å². The van der Waals surface area contributed by atoms with Crippen molar-refractivity contribution in [1.82, 2.24) is 24.5 Å². The molecular weight excluding hydrogens is 370 g/mol. The van der Waals surface area contributed by atoms with Gasteiger partial charge in [-0.25, -0.2) is 4.68 Å². The van der Waals surface area contributed by atoms with E-state index in [-0.39, 0.29) is 11.9 Å². The standard InChI is InChI=1S/C21H25N5O3/c1-14-20(15(2)26(23-14)17-6-5-7-18(10-17)28-4)19-13-29-9-8-25(19)21(27)16-11-22-24(3)12-16/h5-7,10-12,19H,8-9,13H2,1-4H3/t19-/m0/s1. The highest BCUT2D eigenvalue weighted by atomic mass is 16.5. The number of amides is 1. The van der Waals surface area contributed by atoms with Crippen molar-refractivity contribution in [2.75, 3.05) is 26.9 Å². The smallest absolute Gasteiger partial charge is 0.257 e. The van der Waals surface area contributed by atoms with Crippen LogP contribution in [0.2, 0.25) is 0 Å². The van der Waals surface area contributed by atoms with Crippen molar-refractivity contribution in [3.63, 3.8) is 0 Å². The van der Waals surface area contributed by atoms with E-state index in [0.717, 1.165) is 28.4 Å². The Labute approximate surface area is 169 Å². The molecule has 1 aliphatic rings. The summed E-state index contributed by atoms with van der Waals surface area (Å²) in [4.78, 5) is 15.0. The first-order valence-corrected chi connectivity index (χ1v) is 9.57. The molecule has 1 amide bonds. The van der Waals surface area contributed by atoms with Crippen molar-refractivity contribution in [2.45, 2.75) is 19.9 Å². The zero-order valence-corrected chi connectivity index (χ0v) is 17.1. The predicted octanol–water partition coefficient (Wildman–Crippen LogP) is 2.44. The summed E-state index contributed by atoms with van der Waals surface area (Å²) in [6.45, 7) is 5.49. The molecule has 3 aromatic rings. The van der Waals surface area contributed by atoms with Crippen LogP contribution in [0.3, 0.4) is 0 Å². The normalized spacial score (nSPS) is 16.8. The fourth-order valence-electron chi connectivity index (χ4n) is 3.91. The van der Waals surface area contributed by atoms with Gasteiger partial charge in [-0.05, 0) is 26.0 Å². The molecule has 0 N–H and O–H groups in total. The van der Waals surface area contributed by atoms with E-state index in [4.69, 9.17) is 14.6 Å². The van der Waals surface area contributed by atoms with Crippen LogP contribution in [0.15, 0.2) is 36.7 Å². The molecule has 0 bridgehead atoms. The lowest BCUT2D eigenvalue weighted by Crippen LogP contribution is -2.43. The number of carbonyl (C=O) groups is 1. The van der Waals surface area contributed by atoms with Crippen molar-refractivity contribution in [2.24, 2.45) is 7.05 Å². The molecule has 1 aromatic carbocycles. The van der Waals surface area contributed by atoms with Gasteiger partial charge in [-0.1, -0.05) is 6.07 Å². The van der Waals surface area contributed by atoms with Crippen molar-refractivity contribution in [3.8, 4) is 11.4 Å². The first kappa shape index (κ1) is 19.2. The molecule has 4 rings (SSSR count). The maximum atomic E-state index is 13.2. The van der Waals surface area contributed by atoms with Gasteiger partial charge in [0.2, 0.25) is 0 Å². The molecule has 0 saturated carbocycles. The van der Waals surface area contributed by atoms with Crippen LogP contribution >= 0.6 is 0 Å². The lowest BCUT2D eigenvalue weighted by molar-refractivity contribution is -0.00304. The van der Waals surface area contributed by atoms with Gasteiger partial charge < -0.3 is 14.4 Å². The minimum atomic E-state index is -0.198. The Balaban J connectivity index is 1.72. The highest BCUT2D eigenvalue weighted by Gasteiger charge is 2.33. The van der Waals surface area contributed by atoms with Gasteiger partial charge in [0, 0.05) is 37.1 Å². The first-order chi connectivity index (χ1) is 14.0. The summed E-state index contributed by atoms with van der Waals surface area (Å²) in [7, 11) is 3.45. The van der Waals surface area contributed by atoms with E-state index in [1.165, 1.54) is 0 Å². The van der Waals surface area contributed by atoms with E-state index >= 15 is 0 Å². The van der Waals surface area contributed by atoms with Crippen LogP contribution in [0.5, 0.6) is 5.75 Å². The van der Waals surface area contributed by atoms with Gasteiger partial charge in [-0.2, -0.15) is 10.2 Å². The van der Waals surface area contributed by atoms with E-state index in [2.05, 4.69) is 5.10 Å². The molecule has 8 heteroatoms. The number of aromatic nitrogens is 4. The molecule has 1 saturated heterocycles. The predicted molar refractivity (Wildman–Crippen MR) is 107 cm³/mol. The van der Waals surface area contributed by atoms with E-state index < -0.39 is 0 Å². The monoisotopic (exact) mass is 395 g/mol. The molecular formula is C21H25N5O3. The van der Waals surface area contributed by atoms with Crippen LogP contribution in [0, 0.1) is 13.8 Å². The zero-order chi connectivity index (χ0) is 20.5. The third-order valence-corrected chi connectivity index (χ3v) is 5.32. The summed E-state index contributed by atoms with van der Waals surface area (Å²) in [5.74, 6) is 0.727. The minimum Gasteiger partial charge on any atom is -0.497 e. The average molecular weight is 395 g/mol. The Hall–Kier alpha value is -3.13. The van der Waals surface area contributed by atoms with E-state index in [1.54, 1.807) is 31.2 Å². The van der Waals surface area contributed by atoms with Gasteiger partial charge >= 0.3 is 0 Å². The van der Waals surface area contributed by atoms with Crippen molar-refractivity contribution in [3.05, 3.63) is 59.2 Å². The quantitative estimate of drug-likeness (QED) is 0.678. The molecule has 152 valence electrons. The Morgan fingerprint density at radius 1 is 1.31 bits per heavy atom. The molecule has 1 fully saturated rings. The van der Waals surface area contributed by atoms with Gasteiger partial charge in [0.25, 0.3) is 5.91 Å². The molecule has 1 aliphatic heterocycles. The SMILES string of the molecule is COc1cccc(-n2nc(C)c([C@@H]3COCCN3C(=O)c3cnn(C)c3)c2C)c1. The van der Waals surface area contributed by atoms with Gasteiger partial charge in [0.15, 0.2) is 0 Å². The lowest BCUT2D eigenvalue weighted by atomic mass is 10.0. The second-order valence-electron chi connectivity index (χ2n) is 7.19. The van der Waals surface area contributed by atoms with E-state index in [9.17, 15) is 4.79 Å². The molecule has 29 heavy (non-hydrogen) atoms. The van der Waals surface area contributed by atoms with Crippen LogP contribution in [0.25, 0.3) is 5.69 Å². The number of morpholine rings is 1. The number of ether oxygens (including phenoxy) is 2. The Morgan fingerprint density at radius 3 is 2.86 bits per heavy atom. The third-order valence-electron chi connectivity index (χ3n) is 5.32. The van der Waals surface area contributed by atoms with Gasteiger partial charge in [0.05, 0.1) is 49.5 Å². The molecule has 8 nitrogen and oxygen atoms in total. The number of rotatable bonds is 4. The number of hydrogen-bond donors (Lipinski definition) is 0. The third kappa shape index (κ3) is 3.51. The van der Waals surface area contributed by atoms with Crippen molar-refractivity contribution in [1.29, 1.82) is 0 Å². The summed E-state index contributed by atoms with van der Waals surface area (Å²) < 4.78 is 14.6. The Morgan fingerprint density at radius 2 is 2.14 bits per heavy atom.